The van der Waals surface area contributed by atoms with Gasteiger partial charge >= 0.3 is 5.97 Å². The maximum Gasteiger partial charge on any atom is 0.306 e. The molecule has 4 fully saturated rings. The van der Waals surface area contributed by atoms with E-state index in [1.54, 1.807) is 0 Å². The third-order valence-corrected chi connectivity index (χ3v) is 13.6. The fourth-order valence-electron chi connectivity index (χ4n) is 11.0. The number of carbonyl (C=O) groups excluding carboxylic acids is 4. The molecule has 0 radical (unpaired) electrons. The van der Waals surface area contributed by atoms with E-state index in [0.717, 1.165) is 57.8 Å². The van der Waals surface area contributed by atoms with E-state index >= 15 is 0 Å². The number of hydrogen-bond donors (Lipinski definition) is 2. The van der Waals surface area contributed by atoms with Crippen molar-refractivity contribution in [2.45, 2.75) is 128 Å². The van der Waals surface area contributed by atoms with E-state index in [1.165, 1.54) is 11.1 Å². The Bertz CT molecular complexity index is 1450. The first-order chi connectivity index (χ1) is 22.7. The molecule has 0 aromatic heterocycles. The van der Waals surface area contributed by atoms with Crippen LogP contribution < -0.4 is 5.32 Å². The highest BCUT2D eigenvalue weighted by molar-refractivity contribution is 5.92. The second-order valence-corrected chi connectivity index (χ2v) is 16.7. The van der Waals surface area contributed by atoms with Crippen molar-refractivity contribution < 1.29 is 33.8 Å². The zero-order valence-corrected chi connectivity index (χ0v) is 29.4. The standard InChI is InChI=1S/C40H55NO7/c1-36(2)26-39(21-23-48-36,27-8-6-5-7-9-27)20-22-41-34(44)12-13-35(45)47-25-33(43)40(46)19-16-32-30-11-10-28-24-29(42)14-17-37(28,3)31(30)15-18-38(32,40)4/h5-9,24,30-32,46H,10-23,25-26H2,1-4H3,(H,41,44)/t30-,31+,32+,37+,38+,39-,40+/m1/s1. The van der Waals surface area contributed by atoms with E-state index < -0.39 is 29.4 Å². The van der Waals surface area contributed by atoms with Crippen LogP contribution in [0.25, 0.3) is 0 Å². The number of esters is 1. The summed E-state index contributed by atoms with van der Waals surface area (Å²) < 4.78 is 11.4. The Morgan fingerprint density at radius 3 is 2.44 bits per heavy atom. The van der Waals surface area contributed by atoms with Crippen molar-refractivity contribution in [3.8, 4) is 0 Å². The molecule has 48 heavy (non-hydrogen) atoms. The topological polar surface area (TPSA) is 119 Å². The molecule has 0 spiro atoms. The Hall–Kier alpha value is -2.84. The lowest BCUT2D eigenvalue weighted by Crippen LogP contribution is -2.58. The summed E-state index contributed by atoms with van der Waals surface area (Å²) in [5.41, 5.74) is 0.112. The monoisotopic (exact) mass is 661 g/mol. The van der Waals surface area contributed by atoms with E-state index in [1.807, 2.05) is 24.3 Å². The number of ketones is 2. The molecular weight excluding hydrogens is 606 g/mol. The van der Waals surface area contributed by atoms with Gasteiger partial charge < -0.3 is 19.9 Å². The number of amides is 1. The van der Waals surface area contributed by atoms with Crippen LogP contribution in [-0.2, 0) is 34.1 Å². The second-order valence-electron chi connectivity index (χ2n) is 16.7. The van der Waals surface area contributed by atoms with Gasteiger partial charge in [-0.25, -0.2) is 0 Å². The molecule has 1 aromatic rings. The van der Waals surface area contributed by atoms with E-state index in [4.69, 9.17) is 9.47 Å². The van der Waals surface area contributed by atoms with Gasteiger partial charge in [-0.05, 0) is 113 Å². The van der Waals surface area contributed by atoms with Crippen LogP contribution in [0, 0.1) is 28.6 Å². The molecule has 1 aromatic carbocycles. The molecule has 8 nitrogen and oxygen atoms in total. The summed E-state index contributed by atoms with van der Waals surface area (Å²) in [6.45, 7) is 9.28. The number of benzene rings is 1. The van der Waals surface area contributed by atoms with Gasteiger partial charge in [0.15, 0.2) is 12.4 Å². The molecule has 5 aliphatic rings. The summed E-state index contributed by atoms with van der Waals surface area (Å²) in [6.07, 6.45) is 10.5. The van der Waals surface area contributed by atoms with Gasteiger partial charge in [0.2, 0.25) is 11.7 Å². The van der Waals surface area contributed by atoms with Crippen LogP contribution in [0.3, 0.4) is 0 Å². The highest BCUT2D eigenvalue weighted by atomic mass is 16.5. The first-order valence-corrected chi connectivity index (χ1v) is 18.3. The van der Waals surface area contributed by atoms with Gasteiger partial charge in [0.25, 0.3) is 0 Å². The zero-order valence-electron chi connectivity index (χ0n) is 29.4. The number of Topliss-reactive ketones (excluding diaryl/α,β-unsaturated/α-hetero) is 1. The minimum absolute atomic E-state index is 0.0200. The lowest BCUT2D eigenvalue weighted by molar-refractivity contribution is -0.170. The molecule has 1 saturated heterocycles. The smallest absolute Gasteiger partial charge is 0.306 e. The summed E-state index contributed by atoms with van der Waals surface area (Å²) in [5.74, 6) is 0.0535. The van der Waals surface area contributed by atoms with Crippen LogP contribution >= 0.6 is 0 Å². The highest BCUT2D eigenvalue weighted by Crippen LogP contribution is 2.67. The third-order valence-electron chi connectivity index (χ3n) is 13.6. The van der Waals surface area contributed by atoms with Crippen molar-refractivity contribution in [1.29, 1.82) is 0 Å². The number of rotatable bonds is 10. The van der Waals surface area contributed by atoms with Gasteiger partial charge in [-0.3, -0.25) is 19.2 Å². The summed E-state index contributed by atoms with van der Waals surface area (Å²) in [4.78, 5) is 51.1. The van der Waals surface area contributed by atoms with Crippen LogP contribution in [0.4, 0.5) is 0 Å². The maximum absolute atomic E-state index is 13.6. The normalized spacial score (nSPS) is 37.0. The molecule has 0 unspecified atom stereocenters. The lowest BCUT2D eigenvalue weighted by Gasteiger charge is -2.58. The van der Waals surface area contributed by atoms with Crippen molar-refractivity contribution in [2.75, 3.05) is 19.8 Å². The summed E-state index contributed by atoms with van der Waals surface area (Å²) in [5, 5.41) is 14.9. The zero-order chi connectivity index (χ0) is 34.4. The molecule has 1 amide bonds. The maximum atomic E-state index is 13.6. The van der Waals surface area contributed by atoms with Crippen LogP contribution in [0.1, 0.15) is 117 Å². The van der Waals surface area contributed by atoms with Crippen molar-refractivity contribution in [3.05, 3.63) is 47.5 Å². The van der Waals surface area contributed by atoms with Gasteiger partial charge in [0, 0.05) is 36.8 Å². The number of ether oxygens (including phenoxy) is 2. The second kappa shape index (κ2) is 13.1. The largest absolute Gasteiger partial charge is 0.458 e. The fraction of sp³-hybridized carbons (Fsp3) is 0.700. The Kier molecular flexibility index (Phi) is 9.57. The summed E-state index contributed by atoms with van der Waals surface area (Å²) in [7, 11) is 0. The number of hydrogen-bond acceptors (Lipinski definition) is 7. The van der Waals surface area contributed by atoms with Gasteiger partial charge in [0.05, 0.1) is 12.0 Å². The van der Waals surface area contributed by atoms with Crippen LogP contribution in [0.15, 0.2) is 42.0 Å². The van der Waals surface area contributed by atoms with E-state index in [0.29, 0.717) is 37.8 Å². The number of carbonyl (C=O) groups is 4. The fourth-order valence-corrected chi connectivity index (χ4v) is 11.0. The Morgan fingerprint density at radius 2 is 1.69 bits per heavy atom. The lowest BCUT2D eigenvalue weighted by atomic mass is 9.46. The molecule has 7 atom stereocenters. The van der Waals surface area contributed by atoms with Gasteiger partial charge in [-0.1, -0.05) is 49.8 Å². The molecular formula is C40H55NO7. The van der Waals surface area contributed by atoms with Gasteiger partial charge in [-0.2, -0.15) is 0 Å². The molecule has 4 aliphatic carbocycles. The molecule has 6 rings (SSSR count). The van der Waals surface area contributed by atoms with Crippen molar-refractivity contribution >= 4 is 23.4 Å². The SMILES string of the molecule is CC1(C)C[C@](CCNC(=O)CCC(=O)OCC(=O)[C@@]2(O)CC[C@H]3[C@@H]4CCC5=CC(=O)CC[C@]5(C)[C@H]4CC[C@@]32C)(c2ccccc2)CCO1. The van der Waals surface area contributed by atoms with Gasteiger partial charge in [-0.15, -0.1) is 0 Å². The van der Waals surface area contributed by atoms with E-state index in [2.05, 4.69) is 45.1 Å². The summed E-state index contributed by atoms with van der Waals surface area (Å²) in [6, 6.07) is 10.4. The van der Waals surface area contributed by atoms with Crippen LogP contribution in [-0.4, -0.2) is 59.5 Å². The molecule has 3 saturated carbocycles. The Labute approximate surface area is 285 Å². The number of aliphatic hydroxyl groups is 1. The first kappa shape index (κ1) is 35.0. The van der Waals surface area contributed by atoms with Crippen molar-refractivity contribution in [1.82, 2.24) is 5.32 Å². The predicted molar refractivity (Wildman–Crippen MR) is 182 cm³/mol. The minimum Gasteiger partial charge on any atom is -0.458 e. The molecule has 1 aliphatic heterocycles. The highest BCUT2D eigenvalue weighted by Gasteiger charge is 2.66. The average Bonchev–Trinajstić information content (AvgIpc) is 3.34. The van der Waals surface area contributed by atoms with Crippen LogP contribution in [0.5, 0.6) is 0 Å². The molecule has 262 valence electrons. The Morgan fingerprint density at radius 1 is 0.938 bits per heavy atom. The first-order valence-electron chi connectivity index (χ1n) is 18.3. The molecule has 2 N–H and O–H groups in total. The Balaban J connectivity index is 0.981. The van der Waals surface area contributed by atoms with E-state index in [9.17, 15) is 24.3 Å². The molecule has 0 bridgehead atoms. The number of allylic oxidation sites excluding steroid dienone is 1. The van der Waals surface area contributed by atoms with Crippen molar-refractivity contribution in [2.24, 2.45) is 28.6 Å². The van der Waals surface area contributed by atoms with Gasteiger partial charge in [0.1, 0.15) is 5.60 Å². The minimum atomic E-state index is -1.53. The van der Waals surface area contributed by atoms with Crippen LogP contribution in [0.2, 0.25) is 0 Å². The predicted octanol–water partition coefficient (Wildman–Crippen LogP) is 6.18. The third kappa shape index (κ3) is 6.32. The molecule has 1 heterocycles. The number of nitrogens with one attached hydrogen (secondary N) is 1. The van der Waals surface area contributed by atoms with Crippen molar-refractivity contribution in [3.63, 3.8) is 0 Å². The quantitative estimate of drug-likeness (QED) is 0.288. The number of fused-ring (bicyclic) bond motifs is 5. The summed E-state index contributed by atoms with van der Waals surface area (Å²) >= 11 is 0. The van der Waals surface area contributed by atoms with E-state index in [-0.39, 0.29) is 46.9 Å². The molecule has 8 heteroatoms. The average molecular weight is 662 g/mol.